The lowest BCUT2D eigenvalue weighted by molar-refractivity contribution is -0.115. The van der Waals surface area contributed by atoms with Crippen LogP contribution < -0.4 is 5.32 Å². The first kappa shape index (κ1) is 15.1. The summed E-state index contributed by atoms with van der Waals surface area (Å²) in [5, 5.41) is 3.46. The fourth-order valence-corrected chi connectivity index (χ4v) is 4.22. The molecule has 0 aromatic heterocycles. The summed E-state index contributed by atoms with van der Waals surface area (Å²) in [6.45, 7) is 2.06. The topological polar surface area (TPSA) is 29.1 Å². The Bertz CT molecular complexity index is 725. The molecule has 108 valence electrons. The van der Waals surface area contributed by atoms with Crippen molar-refractivity contribution in [1.29, 1.82) is 0 Å². The highest BCUT2D eigenvalue weighted by molar-refractivity contribution is 9.10. The third kappa shape index (κ3) is 3.03. The van der Waals surface area contributed by atoms with Gasteiger partial charge < -0.3 is 5.32 Å². The maximum atomic E-state index is 11.5. The zero-order chi connectivity index (χ0) is 15.1. The van der Waals surface area contributed by atoms with Gasteiger partial charge >= 0.3 is 0 Å². The standard InChI is InChI=1S/C16H12Br2ClNO/c1-8-2-10(4-11(17)3-8)16(18)12-5-9-6-15(21)20-14(9)7-13(12)19/h2-5,7,16H,6H2,1H3,(H,20,21). The van der Waals surface area contributed by atoms with Gasteiger partial charge in [-0.25, -0.2) is 0 Å². The lowest BCUT2D eigenvalue weighted by atomic mass is 10.00. The largest absolute Gasteiger partial charge is 0.325 e. The molecule has 0 bridgehead atoms. The Kier molecular flexibility index (Phi) is 4.12. The van der Waals surface area contributed by atoms with E-state index in [4.69, 9.17) is 11.6 Å². The average Bonchev–Trinajstić information content (AvgIpc) is 2.75. The molecule has 2 nitrogen and oxygen atoms in total. The van der Waals surface area contributed by atoms with Crippen molar-refractivity contribution >= 4 is 55.1 Å². The maximum Gasteiger partial charge on any atom is 0.228 e. The first-order chi connectivity index (χ1) is 9.94. The van der Waals surface area contributed by atoms with Crippen molar-refractivity contribution < 1.29 is 4.79 Å². The summed E-state index contributed by atoms with van der Waals surface area (Å²) in [5.41, 5.74) is 5.10. The van der Waals surface area contributed by atoms with Gasteiger partial charge in [0.05, 0.1) is 11.2 Å². The second kappa shape index (κ2) is 5.75. The van der Waals surface area contributed by atoms with E-state index in [0.29, 0.717) is 11.4 Å². The molecule has 5 heteroatoms. The van der Waals surface area contributed by atoms with E-state index in [0.717, 1.165) is 26.9 Å². The van der Waals surface area contributed by atoms with Crippen LogP contribution in [0.1, 0.15) is 27.1 Å². The van der Waals surface area contributed by atoms with E-state index >= 15 is 0 Å². The van der Waals surface area contributed by atoms with Crippen LogP contribution in [0, 0.1) is 6.92 Å². The van der Waals surface area contributed by atoms with Crippen LogP contribution in [0.2, 0.25) is 5.02 Å². The van der Waals surface area contributed by atoms with E-state index in [1.54, 1.807) is 0 Å². The number of nitrogens with one attached hydrogen (secondary N) is 1. The Morgan fingerprint density at radius 3 is 2.71 bits per heavy atom. The molecule has 1 N–H and O–H groups in total. The number of hydrogen-bond acceptors (Lipinski definition) is 1. The molecule has 3 rings (SSSR count). The summed E-state index contributed by atoms with van der Waals surface area (Å²) >= 11 is 13.6. The third-order valence-corrected chi connectivity index (χ3v) is 5.28. The number of carbonyl (C=O) groups is 1. The Morgan fingerprint density at radius 1 is 1.24 bits per heavy atom. The Hall–Kier alpha value is -0.840. The number of alkyl halides is 1. The molecule has 1 unspecified atom stereocenters. The number of benzene rings is 2. The maximum absolute atomic E-state index is 11.5. The van der Waals surface area contributed by atoms with E-state index in [1.165, 1.54) is 5.56 Å². The van der Waals surface area contributed by atoms with Crippen LogP contribution in [0.15, 0.2) is 34.8 Å². The summed E-state index contributed by atoms with van der Waals surface area (Å²) in [6, 6.07) is 10.1. The van der Waals surface area contributed by atoms with Gasteiger partial charge in [-0.2, -0.15) is 0 Å². The zero-order valence-electron chi connectivity index (χ0n) is 11.2. The van der Waals surface area contributed by atoms with Crippen LogP contribution >= 0.6 is 43.5 Å². The summed E-state index contributed by atoms with van der Waals surface area (Å²) < 4.78 is 1.04. The molecule has 1 atom stereocenters. The highest BCUT2D eigenvalue weighted by Crippen LogP contribution is 2.40. The number of anilines is 1. The Labute approximate surface area is 145 Å². The molecule has 0 aliphatic carbocycles. The van der Waals surface area contributed by atoms with Crippen molar-refractivity contribution in [3.8, 4) is 0 Å². The number of hydrogen-bond donors (Lipinski definition) is 1. The van der Waals surface area contributed by atoms with Gasteiger partial charge in [-0.05, 0) is 47.4 Å². The molecule has 0 saturated heterocycles. The van der Waals surface area contributed by atoms with E-state index in [2.05, 4.69) is 62.3 Å². The summed E-state index contributed by atoms with van der Waals surface area (Å²) in [4.78, 5) is 11.5. The number of fused-ring (bicyclic) bond motifs is 1. The minimum absolute atomic E-state index is 0.0118. The van der Waals surface area contributed by atoms with Gasteiger partial charge in [0, 0.05) is 15.2 Å². The average molecular weight is 430 g/mol. The molecule has 2 aromatic rings. The number of rotatable bonds is 2. The summed E-state index contributed by atoms with van der Waals surface area (Å²) in [7, 11) is 0. The molecular formula is C16H12Br2ClNO. The molecule has 1 aliphatic rings. The fraction of sp³-hybridized carbons (Fsp3) is 0.188. The molecule has 0 spiro atoms. The molecule has 0 radical (unpaired) electrons. The zero-order valence-corrected chi connectivity index (χ0v) is 15.1. The molecule has 1 amide bonds. The van der Waals surface area contributed by atoms with E-state index < -0.39 is 0 Å². The van der Waals surface area contributed by atoms with E-state index in [9.17, 15) is 4.79 Å². The number of aryl methyl sites for hydroxylation is 1. The monoisotopic (exact) mass is 427 g/mol. The van der Waals surface area contributed by atoms with Crippen LogP contribution in [0.3, 0.4) is 0 Å². The molecule has 0 fully saturated rings. The van der Waals surface area contributed by atoms with Crippen molar-refractivity contribution in [2.75, 3.05) is 5.32 Å². The molecule has 21 heavy (non-hydrogen) atoms. The van der Waals surface area contributed by atoms with Gasteiger partial charge in [0.2, 0.25) is 5.91 Å². The number of halogens is 3. The summed E-state index contributed by atoms with van der Waals surface area (Å²) in [6.07, 6.45) is 0.413. The summed E-state index contributed by atoms with van der Waals surface area (Å²) in [5.74, 6) is 0.0163. The Balaban J connectivity index is 2.04. The van der Waals surface area contributed by atoms with Crippen LogP contribution in [0.4, 0.5) is 5.69 Å². The predicted molar refractivity (Wildman–Crippen MR) is 93.4 cm³/mol. The first-order valence-electron chi connectivity index (χ1n) is 6.47. The van der Waals surface area contributed by atoms with Gasteiger partial charge in [0.15, 0.2) is 0 Å². The van der Waals surface area contributed by atoms with Crippen LogP contribution in [-0.2, 0) is 11.2 Å². The lowest BCUT2D eigenvalue weighted by Gasteiger charge is -2.15. The van der Waals surface area contributed by atoms with E-state index in [1.807, 2.05) is 12.1 Å². The predicted octanol–water partition coefficient (Wildman–Crippen LogP) is 5.39. The highest BCUT2D eigenvalue weighted by atomic mass is 79.9. The fourth-order valence-electron chi connectivity index (χ4n) is 2.55. The minimum Gasteiger partial charge on any atom is -0.325 e. The van der Waals surface area contributed by atoms with Crippen molar-refractivity contribution in [3.05, 3.63) is 62.1 Å². The van der Waals surface area contributed by atoms with Crippen molar-refractivity contribution in [3.63, 3.8) is 0 Å². The lowest BCUT2D eigenvalue weighted by Crippen LogP contribution is -2.03. The van der Waals surface area contributed by atoms with Crippen LogP contribution in [0.25, 0.3) is 0 Å². The van der Waals surface area contributed by atoms with Crippen LogP contribution in [-0.4, -0.2) is 5.91 Å². The van der Waals surface area contributed by atoms with Gasteiger partial charge in [-0.15, -0.1) is 0 Å². The van der Waals surface area contributed by atoms with Gasteiger partial charge in [-0.1, -0.05) is 55.6 Å². The van der Waals surface area contributed by atoms with E-state index in [-0.39, 0.29) is 10.7 Å². The SMILES string of the molecule is Cc1cc(Br)cc(C(Br)c2cc3c(cc2Cl)NC(=O)C3)c1. The molecular weight excluding hydrogens is 417 g/mol. The quantitative estimate of drug-likeness (QED) is 0.637. The Morgan fingerprint density at radius 2 is 2.00 bits per heavy atom. The highest BCUT2D eigenvalue weighted by Gasteiger charge is 2.22. The smallest absolute Gasteiger partial charge is 0.228 e. The normalized spacial score (nSPS) is 14.8. The first-order valence-corrected chi connectivity index (χ1v) is 8.56. The third-order valence-electron chi connectivity index (χ3n) is 3.48. The number of amides is 1. The molecule has 1 aliphatic heterocycles. The minimum atomic E-state index is -0.0118. The van der Waals surface area contributed by atoms with Crippen LogP contribution in [0.5, 0.6) is 0 Å². The molecule has 0 saturated carbocycles. The van der Waals surface area contributed by atoms with Crippen molar-refractivity contribution in [2.45, 2.75) is 18.2 Å². The van der Waals surface area contributed by atoms with Gasteiger partial charge in [0.1, 0.15) is 0 Å². The number of carbonyl (C=O) groups excluding carboxylic acids is 1. The molecule has 2 aromatic carbocycles. The van der Waals surface area contributed by atoms with Gasteiger partial charge in [0.25, 0.3) is 0 Å². The van der Waals surface area contributed by atoms with Crippen molar-refractivity contribution in [1.82, 2.24) is 0 Å². The molecule has 1 heterocycles. The van der Waals surface area contributed by atoms with Gasteiger partial charge in [-0.3, -0.25) is 4.79 Å². The second-order valence-corrected chi connectivity index (χ2v) is 7.42. The van der Waals surface area contributed by atoms with Crippen molar-refractivity contribution in [2.24, 2.45) is 0 Å². The second-order valence-electron chi connectivity index (χ2n) is 5.18.